The van der Waals surface area contributed by atoms with Crippen molar-refractivity contribution in [3.8, 4) is 17.1 Å². The molecule has 0 spiro atoms. The summed E-state index contributed by atoms with van der Waals surface area (Å²) in [5.74, 6) is 0.314. The fourth-order valence-electron chi connectivity index (χ4n) is 3.14. The summed E-state index contributed by atoms with van der Waals surface area (Å²) in [5, 5.41) is 10.4. The Hall–Kier alpha value is -3.72. The molecule has 0 saturated carbocycles. The molecule has 0 aliphatic heterocycles. The van der Waals surface area contributed by atoms with Crippen LogP contribution in [0.3, 0.4) is 0 Å². The van der Waals surface area contributed by atoms with E-state index >= 15 is 0 Å². The van der Waals surface area contributed by atoms with Crippen LogP contribution in [0, 0.1) is 0 Å². The van der Waals surface area contributed by atoms with E-state index in [2.05, 4.69) is 20.7 Å². The van der Waals surface area contributed by atoms with E-state index in [4.69, 9.17) is 9.47 Å². The first-order valence-electron chi connectivity index (χ1n) is 10.3. The number of pyridine rings is 1. The highest BCUT2D eigenvalue weighted by atomic mass is 16.5. The van der Waals surface area contributed by atoms with Gasteiger partial charge in [-0.05, 0) is 25.0 Å². The zero-order valence-corrected chi connectivity index (χ0v) is 18.4. The van der Waals surface area contributed by atoms with Crippen molar-refractivity contribution >= 4 is 17.7 Å². The second kappa shape index (κ2) is 11.1. The lowest BCUT2D eigenvalue weighted by molar-refractivity contribution is -0.142. The topological polar surface area (TPSA) is 107 Å². The average molecular weight is 438 g/mol. The fourth-order valence-corrected chi connectivity index (χ4v) is 3.14. The van der Waals surface area contributed by atoms with Gasteiger partial charge in [0.25, 0.3) is 0 Å². The van der Waals surface area contributed by atoms with E-state index in [0.29, 0.717) is 23.8 Å². The number of esters is 1. The SMILES string of the molecule is CCOC(=O)CN[C@@H](Cc1ccccc1)C(=O)Nc1cc(-c2ccnc(OC)c2)nn1C. The summed E-state index contributed by atoms with van der Waals surface area (Å²) in [5.41, 5.74) is 2.45. The van der Waals surface area contributed by atoms with Crippen molar-refractivity contribution in [2.24, 2.45) is 7.05 Å². The minimum Gasteiger partial charge on any atom is -0.481 e. The van der Waals surface area contributed by atoms with Crippen LogP contribution in [-0.2, 0) is 27.8 Å². The minimum atomic E-state index is -0.638. The molecule has 32 heavy (non-hydrogen) atoms. The number of rotatable bonds is 10. The first-order valence-corrected chi connectivity index (χ1v) is 10.3. The van der Waals surface area contributed by atoms with Gasteiger partial charge in [-0.15, -0.1) is 0 Å². The van der Waals surface area contributed by atoms with E-state index in [1.165, 1.54) is 0 Å². The highest BCUT2D eigenvalue weighted by Crippen LogP contribution is 2.23. The Morgan fingerprint density at radius 2 is 1.94 bits per heavy atom. The van der Waals surface area contributed by atoms with Gasteiger partial charge in [0, 0.05) is 30.9 Å². The Morgan fingerprint density at radius 3 is 2.66 bits per heavy atom. The number of hydrogen-bond acceptors (Lipinski definition) is 7. The molecule has 2 aromatic heterocycles. The number of nitrogens with zero attached hydrogens (tertiary/aromatic N) is 3. The van der Waals surface area contributed by atoms with Gasteiger partial charge in [0.05, 0.1) is 32.0 Å². The smallest absolute Gasteiger partial charge is 0.319 e. The molecule has 0 saturated heterocycles. The van der Waals surface area contributed by atoms with E-state index in [9.17, 15) is 9.59 Å². The van der Waals surface area contributed by atoms with E-state index in [0.717, 1.165) is 11.1 Å². The number of methoxy groups -OCH3 is 1. The van der Waals surface area contributed by atoms with Crippen LogP contribution in [0.1, 0.15) is 12.5 Å². The number of anilines is 1. The van der Waals surface area contributed by atoms with Crippen molar-refractivity contribution in [2.45, 2.75) is 19.4 Å². The van der Waals surface area contributed by atoms with Crippen LogP contribution in [0.4, 0.5) is 5.82 Å². The third kappa shape index (κ3) is 6.14. The standard InChI is InChI=1S/C23H27N5O4/c1-4-32-22(29)15-25-19(12-16-8-6-5-7-9-16)23(30)26-20-14-18(27-28(20)2)17-10-11-24-21(13-17)31-3/h5-11,13-14,19,25H,4,12,15H2,1-3H3,(H,26,30)/t19-/m0/s1. The van der Waals surface area contributed by atoms with Crippen molar-refractivity contribution in [1.82, 2.24) is 20.1 Å². The van der Waals surface area contributed by atoms with Crippen LogP contribution < -0.4 is 15.4 Å². The summed E-state index contributed by atoms with van der Waals surface area (Å²) in [7, 11) is 3.29. The molecule has 2 N–H and O–H groups in total. The van der Waals surface area contributed by atoms with Gasteiger partial charge in [0.1, 0.15) is 5.82 Å². The predicted octanol–water partition coefficient (Wildman–Crippen LogP) is 2.19. The normalized spacial score (nSPS) is 11.6. The van der Waals surface area contributed by atoms with E-state index < -0.39 is 12.0 Å². The first-order chi connectivity index (χ1) is 15.5. The number of nitrogens with one attached hydrogen (secondary N) is 2. The van der Waals surface area contributed by atoms with Crippen LogP contribution >= 0.6 is 0 Å². The van der Waals surface area contributed by atoms with Gasteiger partial charge >= 0.3 is 5.97 Å². The van der Waals surface area contributed by atoms with Gasteiger partial charge in [0.15, 0.2) is 0 Å². The zero-order valence-electron chi connectivity index (χ0n) is 18.4. The van der Waals surface area contributed by atoms with Gasteiger partial charge in [-0.1, -0.05) is 30.3 Å². The van der Waals surface area contributed by atoms with Crippen molar-refractivity contribution in [3.63, 3.8) is 0 Å². The summed E-state index contributed by atoms with van der Waals surface area (Å²) in [6.45, 7) is 1.96. The molecular weight excluding hydrogens is 410 g/mol. The molecule has 2 heterocycles. The summed E-state index contributed by atoms with van der Waals surface area (Å²) < 4.78 is 11.7. The van der Waals surface area contributed by atoms with Gasteiger partial charge in [-0.25, -0.2) is 4.98 Å². The third-order valence-corrected chi connectivity index (χ3v) is 4.77. The van der Waals surface area contributed by atoms with Crippen molar-refractivity contribution in [3.05, 3.63) is 60.3 Å². The Bertz CT molecular complexity index is 1050. The third-order valence-electron chi connectivity index (χ3n) is 4.77. The lowest BCUT2D eigenvalue weighted by Crippen LogP contribution is -2.44. The number of aryl methyl sites for hydroxylation is 1. The quantitative estimate of drug-likeness (QED) is 0.468. The first kappa shape index (κ1) is 23.0. The van der Waals surface area contributed by atoms with Crippen LogP contribution in [0.5, 0.6) is 5.88 Å². The monoisotopic (exact) mass is 437 g/mol. The Morgan fingerprint density at radius 1 is 1.16 bits per heavy atom. The minimum absolute atomic E-state index is 0.0633. The van der Waals surface area contributed by atoms with Gasteiger partial charge in [-0.3, -0.25) is 19.6 Å². The van der Waals surface area contributed by atoms with Crippen LogP contribution in [0.25, 0.3) is 11.3 Å². The van der Waals surface area contributed by atoms with Crippen molar-refractivity contribution in [2.75, 3.05) is 25.6 Å². The Kier molecular flexibility index (Phi) is 7.93. The number of amides is 1. The summed E-state index contributed by atoms with van der Waals surface area (Å²) in [6.07, 6.45) is 2.05. The largest absolute Gasteiger partial charge is 0.481 e. The molecule has 168 valence electrons. The van der Waals surface area contributed by atoms with Crippen LogP contribution in [-0.4, -0.2) is 52.9 Å². The second-order valence-electron chi connectivity index (χ2n) is 7.04. The molecule has 1 aromatic carbocycles. The fraction of sp³-hybridized carbons (Fsp3) is 0.304. The van der Waals surface area contributed by atoms with Gasteiger partial charge in [0.2, 0.25) is 11.8 Å². The van der Waals surface area contributed by atoms with Crippen LogP contribution in [0.2, 0.25) is 0 Å². The molecule has 0 aliphatic rings. The lowest BCUT2D eigenvalue weighted by atomic mass is 10.1. The highest BCUT2D eigenvalue weighted by Gasteiger charge is 2.22. The van der Waals surface area contributed by atoms with Crippen LogP contribution in [0.15, 0.2) is 54.7 Å². The number of carbonyl (C=O) groups excluding carboxylic acids is 2. The molecule has 0 unspecified atom stereocenters. The lowest BCUT2D eigenvalue weighted by Gasteiger charge is -2.18. The van der Waals surface area contributed by atoms with Crippen molar-refractivity contribution in [1.29, 1.82) is 0 Å². The summed E-state index contributed by atoms with van der Waals surface area (Å²) in [6, 6.07) is 14.3. The maximum atomic E-state index is 13.1. The molecule has 3 aromatic rings. The number of benzene rings is 1. The molecule has 0 bridgehead atoms. The molecule has 0 radical (unpaired) electrons. The average Bonchev–Trinajstić information content (AvgIpc) is 3.17. The van der Waals surface area contributed by atoms with E-state index in [1.807, 2.05) is 36.4 Å². The maximum absolute atomic E-state index is 13.1. The predicted molar refractivity (Wildman–Crippen MR) is 120 cm³/mol. The van der Waals surface area contributed by atoms with Crippen molar-refractivity contribution < 1.29 is 19.1 Å². The molecule has 3 rings (SSSR count). The molecule has 1 atom stereocenters. The number of aromatic nitrogens is 3. The second-order valence-corrected chi connectivity index (χ2v) is 7.04. The van der Waals surface area contributed by atoms with E-state index in [1.54, 1.807) is 44.1 Å². The Balaban J connectivity index is 1.75. The molecular formula is C23H27N5O4. The highest BCUT2D eigenvalue weighted by molar-refractivity contribution is 5.95. The molecule has 9 heteroatoms. The molecule has 0 fully saturated rings. The number of hydrogen-bond donors (Lipinski definition) is 2. The molecule has 1 amide bonds. The summed E-state index contributed by atoms with van der Waals surface area (Å²) >= 11 is 0. The number of ether oxygens (including phenoxy) is 2. The number of carbonyl (C=O) groups is 2. The molecule has 9 nitrogen and oxygen atoms in total. The summed E-state index contributed by atoms with van der Waals surface area (Å²) in [4.78, 5) is 29.0. The zero-order chi connectivity index (χ0) is 22.9. The van der Waals surface area contributed by atoms with E-state index in [-0.39, 0.29) is 19.1 Å². The van der Waals surface area contributed by atoms with Gasteiger partial charge < -0.3 is 14.8 Å². The maximum Gasteiger partial charge on any atom is 0.319 e. The van der Waals surface area contributed by atoms with Gasteiger partial charge in [-0.2, -0.15) is 5.10 Å². The molecule has 0 aliphatic carbocycles. The Labute approximate surface area is 186 Å².